The zero-order chi connectivity index (χ0) is 19.8. The average Bonchev–Trinajstić information content (AvgIpc) is 3.14. The number of aryl methyl sites for hydroxylation is 2. The molecule has 0 radical (unpaired) electrons. The van der Waals surface area contributed by atoms with E-state index < -0.39 is 5.76 Å². The summed E-state index contributed by atoms with van der Waals surface area (Å²) in [5.74, 6) is -0.931. The summed E-state index contributed by atoms with van der Waals surface area (Å²) in [6.45, 7) is 4.77. The molecule has 2 aromatic heterocycles. The second-order valence-corrected chi connectivity index (χ2v) is 6.44. The van der Waals surface area contributed by atoms with Gasteiger partial charge in [-0.2, -0.15) is 0 Å². The Morgan fingerprint density at radius 1 is 0.929 bits per heavy atom. The molecule has 8 nitrogen and oxygen atoms in total. The van der Waals surface area contributed by atoms with E-state index >= 15 is 0 Å². The summed E-state index contributed by atoms with van der Waals surface area (Å²) < 4.78 is 9.81. The molecule has 0 aliphatic carbocycles. The van der Waals surface area contributed by atoms with Crippen LogP contribution in [-0.4, -0.2) is 19.6 Å². The smallest absolute Gasteiger partial charge is 0.408 e. The van der Waals surface area contributed by atoms with Gasteiger partial charge >= 0.3 is 11.4 Å². The van der Waals surface area contributed by atoms with Crippen molar-refractivity contribution in [3.8, 4) is 0 Å². The van der Waals surface area contributed by atoms with Crippen LogP contribution in [0.1, 0.15) is 13.8 Å². The van der Waals surface area contributed by atoms with Gasteiger partial charge in [-0.1, -0.05) is 12.1 Å². The molecular weight excluding hydrogens is 360 g/mol. The molecule has 1 N–H and O–H groups in total. The highest BCUT2D eigenvalue weighted by Gasteiger charge is 2.15. The van der Waals surface area contributed by atoms with E-state index in [-0.39, 0.29) is 18.1 Å². The highest BCUT2D eigenvalue weighted by molar-refractivity contribution is 5.93. The first-order valence-corrected chi connectivity index (χ1v) is 9.14. The first kappa shape index (κ1) is 17.8. The van der Waals surface area contributed by atoms with Crippen molar-refractivity contribution in [1.29, 1.82) is 0 Å². The Morgan fingerprint density at radius 2 is 1.64 bits per heavy atom. The van der Waals surface area contributed by atoms with Crippen molar-refractivity contribution in [2.75, 3.05) is 5.32 Å². The number of aromatic nitrogens is 3. The summed E-state index contributed by atoms with van der Waals surface area (Å²) >= 11 is 0. The molecule has 2 aromatic carbocycles. The first-order valence-electron chi connectivity index (χ1n) is 9.14. The van der Waals surface area contributed by atoms with Gasteiger partial charge in [0.15, 0.2) is 5.58 Å². The molecule has 0 saturated carbocycles. The normalized spacial score (nSPS) is 11.4. The Labute approximate surface area is 159 Å². The molecule has 0 saturated heterocycles. The van der Waals surface area contributed by atoms with Gasteiger partial charge in [-0.05, 0) is 44.2 Å². The minimum absolute atomic E-state index is 0.0695. The van der Waals surface area contributed by atoms with E-state index in [1.165, 1.54) is 4.57 Å². The Balaban J connectivity index is 1.64. The molecule has 0 unspecified atom stereocenters. The van der Waals surface area contributed by atoms with Crippen molar-refractivity contribution in [3.05, 3.63) is 63.5 Å². The van der Waals surface area contributed by atoms with Crippen molar-refractivity contribution in [3.63, 3.8) is 0 Å². The third-order valence-corrected chi connectivity index (χ3v) is 4.81. The van der Waals surface area contributed by atoms with Crippen LogP contribution >= 0.6 is 0 Å². The standard InChI is InChI=1S/C20H20N4O4/c1-3-22-14-10-9-13(11-16(14)23(4-2)19(22)26)21-18(25)12-24-15-7-5-6-8-17(15)28-20(24)27/h5-11H,3-4,12H2,1-2H3,(H,21,25). The lowest BCUT2D eigenvalue weighted by Crippen LogP contribution is -2.24. The molecule has 28 heavy (non-hydrogen) atoms. The van der Waals surface area contributed by atoms with E-state index in [0.717, 1.165) is 11.0 Å². The minimum Gasteiger partial charge on any atom is -0.408 e. The van der Waals surface area contributed by atoms with Gasteiger partial charge in [-0.25, -0.2) is 9.59 Å². The van der Waals surface area contributed by atoms with Crippen molar-refractivity contribution >= 4 is 33.7 Å². The maximum Gasteiger partial charge on any atom is 0.420 e. The van der Waals surface area contributed by atoms with Gasteiger partial charge in [0.2, 0.25) is 5.91 Å². The number of oxazole rings is 1. The van der Waals surface area contributed by atoms with Crippen LogP contribution in [0.25, 0.3) is 22.1 Å². The van der Waals surface area contributed by atoms with Crippen LogP contribution in [0, 0.1) is 0 Å². The quantitative estimate of drug-likeness (QED) is 0.575. The summed E-state index contributed by atoms with van der Waals surface area (Å²) in [4.78, 5) is 37.0. The van der Waals surface area contributed by atoms with Gasteiger partial charge in [0.25, 0.3) is 0 Å². The Bertz CT molecular complexity index is 1310. The van der Waals surface area contributed by atoms with Crippen LogP contribution in [0.2, 0.25) is 0 Å². The monoisotopic (exact) mass is 380 g/mol. The predicted molar refractivity (Wildman–Crippen MR) is 107 cm³/mol. The Kier molecular flexibility index (Phi) is 4.38. The average molecular weight is 380 g/mol. The number of para-hydroxylation sites is 2. The van der Waals surface area contributed by atoms with Crippen LogP contribution in [0.15, 0.2) is 56.5 Å². The van der Waals surface area contributed by atoms with Gasteiger partial charge in [0.1, 0.15) is 6.54 Å². The van der Waals surface area contributed by atoms with Crippen molar-refractivity contribution < 1.29 is 9.21 Å². The fourth-order valence-corrected chi connectivity index (χ4v) is 3.52. The number of carbonyl (C=O) groups is 1. The molecule has 0 spiro atoms. The summed E-state index contributed by atoms with van der Waals surface area (Å²) in [6, 6.07) is 12.3. The summed E-state index contributed by atoms with van der Waals surface area (Å²) in [5.41, 5.74) is 3.09. The highest BCUT2D eigenvalue weighted by Crippen LogP contribution is 2.19. The van der Waals surface area contributed by atoms with Gasteiger partial charge in [-0.3, -0.25) is 18.5 Å². The van der Waals surface area contributed by atoms with Gasteiger partial charge in [0.05, 0.1) is 16.6 Å². The number of benzene rings is 2. The lowest BCUT2D eigenvalue weighted by molar-refractivity contribution is -0.116. The zero-order valence-corrected chi connectivity index (χ0v) is 15.6. The largest absolute Gasteiger partial charge is 0.420 e. The number of anilines is 1. The summed E-state index contributed by atoms with van der Waals surface area (Å²) in [7, 11) is 0. The molecule has 8 heteroatoms. The number of hydrogen-bond acceptors (Lipinski definition) is 4. The van der Waals surface area contributed by atoms with Crippen molar-refractivity contribution in [2.24, 2.45) is 0 Å². The maximum absolute atomic E-state index is 12.5. The molecule has 144 valence electrons. The number of nitrogens with zero attached hydrogens (tertiary/aromatic N) is 3. The third-order valence-electron chi connectivity index (χ3n) is 4.81. The molecule has 4 rings (SSSR count). The predicted octanol–water partition coefficient (Wildman–Crippen LogP) is 2.39. The minimum atomic E-state index is -0.577. The third kappa shape index (κ3) is 2.83. The number of rotatable bonds is 5. The van der Waals surface area contributed by atoms with Crippen LogP contribution in [0.3, 0.4) is 0 Å². The molecule has 2 heterocycles. The molecule has 0 atom stereocenters. The molecule has 4 aromatic rings. The second-order valence-electron chi connectivity index (χ2n) is 6.44. The molecule has 0 bridgehead atoms. The fourth-order valence-electron chi connectivity index (χ4n) is 3.52. The van der Waals surface area contributed by atoms with Crippen molar-refractivity contribution in [1.82, 2.24) is 13.7 Å². The van der Waals surface area contributed by atoms with Crippen LogP contribution in [0.4, 0.5) is 5.69 Å². The fraction of sp³-hybridized carbons (Fsp3) is 0.250. The molecule has 0 fully saturated rings. The number of hydrogen-bond donors (Lipinski definition) is 1. The van der Waals surface area contributed by atoms with E-state index in [2.05, 4.69) is 5.32 Å². The maximum atomic E-state index is 12.5. The zero-order valence-electron chi connectivity index (χ0n) is 15.6. The van der Waals surface area contributed by atoms with E-state index in [9.17, 15) is 14.4 Å². The number of carbonyl (C=O) groups excluding carboxylic acids is 1. The van der Waals surface area contributed by atoms with E-state index in [1.807, 2.05) is 19.9 Å². The molecule has 1 amide bonds. The van der Waals surface area contributed by atoms with Crippen LogP contribution < -0.4 is 16.8 Å². The number of fused-ring (bicyclic) bond motifs is 2. The van der Waals surface area contributed by atoms with Crippen molar-refractivity contribution in [2.45, 2.75) is 33.5 Å². The van der Waals surface area contributed by atoms with E-state index in [1.54, 1.807) is 45.5 Å². The van der Waals surface area contributed by atoms with Gasteiger partial charge < -0.3 is 9.73 Å². The molecule has 0 aliphatic rings. The van der Waals surface area contributed by atoms with E-state index in [0.29, 0.717) is 29.9 Å². The number of imidazole rings is 1. The molecular formula is C20H20N4O4. The molecule has 0 aliphatic heterocycles. The Hall–Kier alpha value is -3.55. The lowest BCUT2D eigenvalue weighted by Gasteiger charge is -2.07. The second kappa shape index (κ2) is 6.88. The Morgan fingerprint density at radius 3 is 2.39 bits per heavy atom. The number of nitrogens with one attached hydrogen (secondary N) is 1. The van der Waals surface area contributed by atoms with Crippen LogP contribution in [0.5, 0.6) is 0 Å². The van der Waals surface area contributed by atoms with Gasteiger partial charge in [-0.15, -0.1) is 0 Å². The summed E-state index contributed by atoms with van der Waals surface area (Å²) in [6.07, 6.45) is 0. The van der Waals surface area contributed by atoms with Crippen LogP contribution in [-0.2, 0) is 24.4 Å². The lowest BCUT2D eigenvalue weighted by atomic mass is 10.2. The SMILES string of the molecule is CCn1c(=O)n(CC)c2cc(NC(=O)Cn3c(=O)oc4ccccc43)ccc21. The van der Waals surface area contributed by atoms with Gasteiger partial charge in [0, 0.05) is 18.8 Å². The van der Waals surface area contributed by atoms with E-state index in [4.69, 9.17) is 4.42 Å². The summed E-state index contributed by atoms with van der Waals surface area (Å²) in [5, 5.41) is 2.80. The number of amides is 1. The highest BCUT2D eigenvalue weighted by atomic mass is 16.4. The topological polar surface area (TPSA) is 91.2 Å². The first-order chi connectivity index (χ1) is 13.5.